The molecule has 1 N–H and O–H groups in total. The minimum Gasteiger partial charge on any atom is -0.378 e. The first-order valence-electron chi connectivity index (χ1n) is 7.14. The molecule has 2 rings (SSSR count). The predicted octanol–water partition coefficient (Wildman–Crippen LogP) is 3.57. The number of hydrogen-bond donors (Lipinski definition) is 1. The van der Waals surface area contributed by atoms with Crippen molar-refractivity contribution in [1.82, 2.24) is 5.32 Å². The zero-order valence-electron chi connectivity index (χ0n) is 12.9. The van der Waals surface area contributed by atoms with Crippen molar-refractivity contribution in [1.29, 1.82) is 0 Å². The highest BCUT2D eigenvalue weighted by atomic mass is 15.1. The van der Waals surface area contributed by atoms with Gasteiger partial charge in [0.1, 0.15) is 0 Å². The largest absolute Gasteiger partial charge is 0.378 e. The zero-order valence-corrected chi connectivity index (χ0v) is 12.9. The Balaban J connectivity index is 2.13. The molecule has 0 bridgehead atoms. The van der Waals surface area contributed by atoms with Gasteiger partial charge < -0.3 is 10.2 Å². The van der Waals surface area contributed by atoms with Crippen molar-refractivity contribution in [3.63, 3.8) is 0 Å². The minimum atomic E-state index is 0.514. The summed E-state index contributed by atoms with van der Waals surface area (Å²) in [5.74, 6) is 0. The van der Waals surface area contributed by atoms with Crippen molar-refractivity contribution in [3.05, 3.63) is 54.1 Å². The van der Waals surface area contributed by atoms with E-state index in [9.17, 15) is 0 Å². The molecule has 2 aromatic rings. The van der Waals surface area contributed by atoms with E-state index in [1.165, 1.54) is 22.4 Å². The molecule has 0 fully saturated rings. The molecule has 0 aliphatic rings. The molecular formula is C18H24N2. The Hall–Kier alpha value is -1.80. The molecule has 0 saturated carbocycles. The molecule has 0 heterocycles. The lowest BCUT2D eigenvalue weighted by molar-refractivity contribution is 0.608. The van der Waals surface area contributed by atoms with E-state index in [1.54, 1.807) is 0 Å². The number of likely N-dealkylation sites (N-methyl/N-ethyl adjacent to an activating group) is 1. The summed E-state index contributed by atoms with van der Waals surface area (Å²) in [4.78, 5) is 2.12. The van der Waals surface area contributed by atoms with Crippen LogP contribution in [0.15, 0.2) is 48.5 Å². The van der Waals surface area contributed by atoms with Gasteiger partial charge in [0.15, 0.2) is 0 Å². The molecule has 1 atom stereocenters. The summed E-state index contributed by atoms with van der Waals surface area (Å²) >= 11 is 0. The van der Waals surface area contributed by atoms with E-state index in [4.69, 9.17) is 0 Å². The summed E-state index contributed by atoms with van der Waals surface area (Å²) in [5.41, 5.74) is 5.15. The highest BCUT2D eigenvalue weighted by Gasteiger charge is 2.02. The number of rotatable bonds is 5. The summed E-state index contributed by atoms with van der Waals surface area (Å²) in [7, 11) is 6.13. The topological polar surface area (TPSA) is 15.3 Å². The summed E-state index contributed by atoms with van der Waals surface area (Å²) in [6.45, 7) is 2.20. The standard InChI is InChI=1S/C18H24N2/c1-14(19-2)13-15-5-7-16(8-6-15)17-9-11-18(12-10-17)20(3)4/h5-12,14,19H,13H2,1-4H3. The molecule has 2 nitrogen and oxygen atoms in total. The molecule has 106 valence electrons. The fourth-order valence-corrected chi connectivity index (χ4v) is 2.24. The lowest BCUT2D eigenvalue weighted by Crippen LogP contribution is -2.23. The Labute approximate surface area is 122 Å². The third-order valence-electron chi connectivity index (χ3n) is 3.71. The van der Waals surface area contributed by atoms with E-state index in [2.05, 4.69) is 79.8 Å². The van der Waals surface area contributed by atoms with Gasteiger partial charge in [0.25, 0.3) is 0 Å². The van der Waals surface area contributed by atoms with Crippen LogP contribution in [-0.2, 0) is 6.42 Å². The molecule has 20 heavy (non-hydrogen) atoms. The summed E-state index contributed by atoms with van der Waals surface area (Å²) in [5, 5.41) is 3.27. The van der Waals surface area contributed by atoms with Gasteiger partial charge in [-0.3, -0.25) is 0 Å². The number of nitrogens with one attached hydrogen (secondary N) is 1. The molecule has 1 unspecified atom stereocenters. The van der Waals surface area contributed by atoms with Gasteiger partial charge in [-0.1, -0.05) is 36.4 Å². The van der Waals surface area contributed by atoms with Crippen LogP contribution in [0.3, 0.4) is 0 Å². The first-order valence-corrected chi connectivity index (χ1v) is 7.14. The van der Waals surface area contributed by atoms with E-state index in [0.717, 1.165) is 6.42 Å². The van der Waals surface area contributed by atoms with Crippen LogP contribution in [0.5, 0.6) is 0 Å². The summed E-state index contributed by atoms with van der Waals surface area (Å²) < 4.78 is 0. The highest BCUT2D eigenvalue weighted by Crippen LogP contribution is 2.23. The first kappa shape index (κ1) is 14.6. The van der Waals surface area contributed by atoms with Crippen LogP contribution in [0.1, 0.15) is 12.5 Å². The van der Waals surface area contributed by atoms with Crippen LogP contribution in [-0.4, -0.2) is 27.2 Å². The third kappa shape index (κ3) is 3.61. The van der Waals surface area contributed by atoms with Gasteiger partial charge in [0.05, 0.1) is 0 Å². The van der Waals surface area contributed by atoms with Crippen LogP contribution in [0.25, 0.3) is 11.1 Å². The van der Waals surface area contributed by atoms with E-state index in [0.29, 0.717) is 6.04 Å². The molecule has 0 aliphatic carbocycles. The smallest absolute Gasteiger partial charge is 0.0361 e. The van der Waals surface area contributed by atoms with Crippen LogP contribution < -0.4 is 10.2 Å². The fourth-order valence-electron chi connectivity index (χ4n) is 2.24. The van der Waals surface area contributed by atoms with Gasteiger partial charge >= 0.3 is 0 Å². The maximum atomic E-state index is 3.27. The molecular weight excluding hydrogens is 244 g/mol. The van der Waals surface area contributed by atoms with E-state index < -0.39 is 0 Å². The Morgan fingerprint density at radius 2 is 1.40 bits per heavy atom. The van der Waals surface area contributed by atoms with Crippen molar-refractivity contribution in [3.8, 4) is 11.1 Å². The van der Waals surface area contributed by atoms with Crippen molar-refractivity contribution in [2.75, 3.05) is 26.0 Å². The lowest BCUT2D eigenvalue weighted by Gasteiger charge is -2.13. The third-order valence-corrected chi connectivity index (χ3v) is 3.71. The van der Waals surface area contributed by atoms with Crippen LogP contribution in [0.2, 0.25) is 0 Å². The second-order valence-electron chi connectivity index (χ2n) is 5.53. The normalized spacial score (nSPS) is 12.2. The van der Waals surface area contributed by atoms with Crippen LogP contribution >= 0.6 is 0 Å². The SMILES string of the molecule is CNC(C)Cc1ccc(-c2ccc(N(C)C)cc2)cc1. The van der Waals surface area contributed by atoms with Crippen molar-refractivity contribution >= 4 is 5.69 Å². The Bertz CT molecular complexity index is 526. The molecule has 0 saturated heterocycles. The van der Waals surface area contributed by atoms with Gasteiger partial charge in [-0.2, -0.15) is 0 Å². The van der Waals surface area contributed by atoms with Crippen molar-refractivity contribution in [2.45, 2.75) is 19.4 Å². The Kier molecular flexibility index (Phi) is 4.80. The maximum absolute atomic E-state index is 3.27. The molecule has 2 aromatic carbocycles. The van der Waals surface area contributed by atoms with Gasteiger partial charge in [-0.05, 0) is 49.2 Å². The number of benzene rings is 2. The molecule has 0 radical (unpaired) electrons. The molecule has 0 amide bonds. The van der Waals surface area contributed by atoms with Crippen LogP contribution in [0, 0.1) is 0 Å². The number of nitrogens with zero attached hydrogens (tertiary/aromatic N) is 1. The van der Waals surface area contributed by atoms with Crippen LogP contribution in [0.4, 0.5) is 5.69 Å². The summed E-state index contributed by atoms with van der Waals surface area (Å²) in [6.07, 6.45) is 1.07. The monoisotopic (exact) mass is 268 g/mol. The first-order chi connectivity index (χ1) is 9.60. The quantitative estimate of drug-likeness (QED) is 0.892. The van der Waals surface area contributed by atoms with Gasteiger partial charge in [0.2, 0.25) is 0 Å². The van der Waals surface area contributed by atoms with Crippen molar-refractivity contribution < 1.29 is 0 Å². The Morgan fingerprint density at radius 1 is 0.900 bits per heavy atom. The van der Waals surface area contributed by atoms with Gasteiger partial charge in [-0.15, -0.1) is 0 Å². The van der Waals surface area contributed by atoms with Crippen molar-refractivity contribution in [2.24, 2.45) is 0 Å². The molecule has 0 aliphatic heterocycles. The average Bonchev–Trinajstić information content (AvgIpc) is 2.48. The summed E-state index contributed by atoms with van der Waals surface area (Å²) in [6, 6.07) is 18.1. The van der Waals surface area contributed by atoms with E-state index in [-0.39, 0.29) is 0 Å². The predicted molar refractivity (Wildman–Crippen MR) is 88.4 cm³/mol. The molecule has 0 spiro atoms. The average molecular weight is 268 g/mol. The van der Waals surface area contributed by atoms with E-state index >= 15 is 0 Å². The van der Waals surface area contributed by atoms with Gasteiger partial charge in [-0.25, -0.2) is 0 Å². The zero-order chi connectivity index (χ0) is 14.5. The Morgan fingerprint density at radius 3 is 1.85 bits per heavy atom. The van der Waals surface area contributed by atoms with E-state index in [1.807, 2.05) is 7.05 Å². The number of anilines is 1. The molecule has 2 heteroatoms. The second kappa shape index (κ2) is 6.58. The lowest BCUT2D eigenvalue weighted by atomic mass is 10.0. The van der Waals surface area contributed by atoms with Gasteiger partial charge in [0, 0.05) is 25.8 Å². The fraction of sp³-hybridized carbons (Fsp3) is 0.333. The highest BCUT2D eigenvalue weighted by molar-refractivity contribution is 5.66. The second-order valence-corrected chi connectivity index (χ2v) is 5.53. The molecule has 0 aromatic heterocycles. The minimum absolute atomic E-state index is 0.514. The maximum Gasteiger partial charge on any atom is 0.0361 e. The number of hydrogen-bond acceptors (Lipinski definition) is 2.